The molecule has 0 unspecified atom stereocenters. The monoisotopic (exact) mass is 592 g/mol. The van der Waals surface area contributed by atoms with Crippen molar-refractivity contribution in [3.63, 3.8) is 0 Å². The molecule has 2 aromatic rings. The fourth-order valence-electron chi connectivity index (χ4n) is 3.90. The molecule has 2 aromatic carbocycles. The predicted octanol–water partition coefficient (Wildman–Crippen LogP) is 2.21. The molecule has 3 atom stereocenters. The summed E-state index contributed by atoms with van der Waals surface area (Å²) >= 11 is 2.11. The molecule has 0 aliphatic heterocycles. The number of rotatable bonds is 10. The van der Waals surface area contributed by atoms with Crippen molar-refractivity contribution >= 4 is 40.2 Å². The van der Waals surface area contributed by atoms with Crippen molar-refractivity contribution in [3.8, 4) is 5.75 Å². The highest BCUT2D eigenvalue weighted by molar-refractivity contribution is 14.1. The maximum absolute atomic E-state index is 13.2. The van der Waals surface area contributed by atoms with E-state index in [-0.39, 0.29) is 32.5 Å². The van der Waals surface area contributed by atoms with Gasteiger partial charge < -0.3 is 25.2 Å². The van der Waals surface area contributed by atoms with Crippen molar-refractivity contribution in [1.82, 2.24) is 10.2 Å². The van der Waals surface area contributed by atoms with E-state index in [0.29, 0.717) is 11.3 Å². The lowest BCUT2D eigenvalue weighted by Gasteiger charge is -2.40. The van der Waals surface area contributed by atoms with Crippen molar-refractivity contribution in [1.29, 1.82) is 0 Å². The molecule has 0 heterocycles. The fourth-order valence-corrected chi connectivity index (χ4v) is 4.41. The molecule has 0 saturated carbocycles. The van der Waals surface area contributed by atoms with Gasteiger partial charge in [-0.3, -0.25) is 14.4 Å². The summed E-state index contributed by atoms with van der Waals surface area (Å²) in [6.45, 7) is 1.53. The van der Waals surface area contributed by atoms with Crippen LogP contribution in [0.1, 0.15) is 25.3 Å². The second-order valence-electron chi connectivity index (χ2n) is 8.14. The number of para-hydroxylation sites is 1. The maximum atomic E-state index is 13.2. The fraction of sp³-hybridized carbons (Fsp3) is 0.346. The van der Waals surface area contributed by atoms with E-state index in [0.717, 1.165) is 9.13 Å². The number of ether oxygens (including phenoxy) is 1. The molecule has 186 valence electrons. The minimum atomic E-state index is -1.20. The van der Waals surface area contributed by atoms with Crippen molar-refractivity contribution in [3.05, 3.63) is 75.4 Å². The molecule has 9 heteroatoms. The predicted molar refractivity (Wildman–Crippen MR) is 138 cm³/mol. The van der Waals surface area contributed by atoms with Crippen LogP contribution in [0.25, 0.3) is 0 Å². The van der Waals surface area contributed by atoms with Crippen LogP contribution in [0.5, 0.6) is 5.75 Å². The highest BCUT2D eigenvalue weighted by Crippen LogP contribution is 2.30. The molecule has 35 heavy (non-hydrogen) atoms. The summed E-state index contributed by atoms with van der Waals surface area (Å²) in [6, 6.07) is 15.5. The Hall–Kier alpha value is -2.76. The standard InChI is InChI=1S/C26H29IN2O6/c1-2-21(31)26(34)29(16-17-8-4-3-5-9-17)20-14-18(25(33)28-12-13-30)15-23(24(20)32)35-22-11-7-6-10-19(22)27/h3-11,15,20,23-24,30,32H,2,12-14,16H2,1H3,(H,28,33)/t20-,23+,24+/m1/s1. The minimum Gasteiger partial charge on any atom is -0.482 e. The largest absolute Gasteiger partial charge is 0.482 e. The molecule has 0 aromatic heterocycles. The number of Topliss-reactive ketones (excluding diaryl/α,β-unsaturated/α-hetero) is 1. The van der Waals surface area contributed by atoms with Gasteiger partial charge in [-0.15, -0.1) is 0 Å². The highest BCUT2D eigenvalue weighted by Gasteiger charge is 2.41. The number of halogens is 1. The number of aliphatic hydroxyl groups is 2. The number of ketones is 1. The number of nitrogens with zero attached hydrogens (tertiary/aromatic N) is 1. The zero-order valence-electron chi connectivity index (χ0n) is 19.4. The smallest absolute Gasteiger partial charge is 0.290 e. The van der Waals surface area contributed by atoms with Crippen molar-refractivity contribution in [2.45, 2.75) is 44.6 Å². The van der Waals surface area contributed by atoms with E-state index in [4.69, 9.17) is 9.84 Å². The summed E-state index contributed by atoms with van der Waals surface area (Å²) in [5, 5.41) is 23.1. The lowest BCUT2D eigenvalue weighted by atomic mass is 9.87. The highest BCUT2D eigenvalue weighted by atomic mass is 127. The number of benzene rings is 2. The zero-order chi connectivity index (χ0) is 25.4. The second kappa shape index (κ2) is 12.8. The topological polar surface area (TPSA) is 116 Å². The molecule has 3 rings (SSSR count). The molecule has 1 aliphatic rings. The number of hydrogen-bond donors (Lipinski definition) is 3. The number of amides is 2. The van der Waals surface area contributed by atoms with Gasteiger partial charge in [-0.05, 0) is 46.4 Å². The Morgan fingerprint density at radius 1 is 1.11 bits per heavy atom. The lowest BCUT2D eigenvalue weighted by Crippen LogP contribution is -2.56. The first kappa shape index (κ1) is 26.8. The van der Waals surface area contributed by atoms with Gasteiger partial charge in [0.2, 0.25) is 11.7 Å². The Kier molecular flexibility index (Phi) is 9.82. The van der Waals surface area contributed by atoms with Crippen LogP contribution in [0.3, 0.4) is 0 Å². The second-order valence-corrected chi connectivity index (χ2v) is 9.30. The molecule has 3 N–H and O–H groups in total. The van der Waals surface area contributed by atoms with Crippen LogP contribution < -0.4 is 10.1 Å². The van der Waals surface area contributed by atoms with Gasteiger partial charge in [-0.2, -0.15) is 0 Å². The third-order valence-corrected chi connectivity index (χ3v) is 6.62. The van der Waals surface area contributed by atoms with E-state index in [9.17, 15) is 19.5 Å². The quantitative estimate of drug-likeness (QED) is 0.288. The molecule has 0 spiro atoms. The van der Waals surface area contributed by atoms with E-state index in [1.54, 1.807) is 25.1 Å². The van der Waals surface area contributed by atoms with Crippen LogP contribution in [0.2, 0.25) is 0 Å². The van der Waals surface area contributed by atoms with Crippen LogP contribution >= 0.6 is 22.6 Å². The molecule has 0 radical (unpaired) electrons. The number of aliphatic hydroxyl groups excluding tert-OH is 2. The van der Waals surface area contributed by atoms with Crippen LogP contribution in [0.15, 0.2) is 66.2 Å². The maximum Gasteiger partial charge on any atom is 0.290 e. The van der Waals surface area contributed by atoms with Gasteiger partial charge in [-0.25, -0.2) is 0 Å². The average molecular weight is 592 g/mol. The van der Waals surface area contributed by atoms with Gasteiger partial charge in [0.25, 0.3) is 5.91 Å². The van der Waals surface area contributed by atoms with Crippen LogP contribution in [-0.2, 0) is 20.9 Å². The Labute approximate surface area is 218 Å². The molecule has 0 bridgehead atoms. The summed E-state index contributed by atoms with van der Waals surface area (Å²) in [7, 11) is 0. The van der Waals surface area contributed by atoms with Crippen LogP contribution in [0, 0.1) is 3.57 Å². The van der Waals surface area contributed by atoms with Crippen molar-refractivity contribution < 1.29 is 29.3 Å². The summed E-state index contributed by atoms with van der Waals surface area (Å²) < 4.78 is 6.91. The van der Waals surface area contributed by atoms with E-state index < -0.39 is 35.8 Å². The van der Waals surface area contributed by atoms with E-state index in [1.165, 1.54) is 4.90 Å². The molecule has 8 nitrogen and oxygen atoms in total. The first-order valence-corrected chi connectivity index (χ1v) is 12.5. The molecule has 0 fully saturated rings. The van der Waals surface area contributed by atoms with Crippen LogP contribution in [0.4, 0.5) is 0 Å². The average Bonchev–Trinajstić information content (AvgIpc) is 2.88. The van der Waals surface area contributed by atoms with E-state index in [1.807, 2.05) is 42.5 Å². The van der Waals surface area contributed by atoms with Crippen molar-refractivity contribution in [2.75, 3.05) is 13.2 Å². The number of carbonyl (C=O) groups is 3. The summed E-state index contributed by atoms with van der Waals surface area (Å²) in [6.07, 6.45) is -0.543. The van der Waals surface area contributed by atoms with Gasteiger partial charge in [0, 0.05) is 31.5 Å². The Balaban J connectivity index is 1.99. The van der Waals surface area contributed by atoms with Gasteiger partial charge in [-0.1, -0.05) is 49.4 Å². The number of hydrogen-bond acceptors (Lipinski definition) is 6. The molecular weight excluding hydrogens is 563 g/mol. The Morgan fingerprint density at radius 2 is 1.80 bits per heavy atom. The van der Waals surface area contributed by atoms with E-state index in [2.05, 4.69) is 27.9 Å². The normalized spacial score (nSPS) is 19.4. The van der Waals surface area contributed by atoms with Gasteiger partial charge in [0.05, 0.1) is 16.2 Å². The van der Waals surface area contributed by atoms with Gasteiger partial charge >= 0.3 is 0 Å². The zero-order valence-corrected chi connectivity index (χ0v) is 21.6. The molecular formula is C26H29IN2O6. The SMILES string of the molecule is CCC(=O)C(=O)N(Cc1ccccc1)[C@@H]1CC(C(=O)NCCO)=C[C@H](Oc2ccccc2I)[C@H]1O. The Bertz CT molecular complexity index is 1070. The lowest BCUT2D eigenvalue weighted by molar-refractivity contribution is -0.149. The van der Waals surface area contributed by atoms with Crippen molar-refractivity contribution in [2.24, 2.45) is 0 Å². The third kappa shape index (κ3) is 6.89. The number of nitrogens with one attached hydrogen (secondary N) is 1. The summed E-state index contributed by atoms with van der Waals surface area (Å²) in [4.78, 5) is 39.8. The minimum absolute atomic E-state index is 0.0226. The summed E-state index contributed by atoms with van der Waals surface area (Å²) in [5.74, 6) is -1.20. The summed E-state index contributed by atoms with van der Waals surface area (Å²) in [5.41, 5.74) is 1.09. The first-order valence-electron chi connectivity index (χ1n) is 11.4. The molecule has 2 amide bonds. The van der Waals surface area contributed by atoms with Gasteiger partial charge in [0.1, 0.15) is 18.0 Å². The van der Waals surface area contributed by atoms with Crippen LogP contribution in [-0.4, -0.2) is 64.1 Å². The molecule has 0 saturated heterocycles. The number of carbonyl (C=O) groups excluding carboxylic acids is 3. The third-order valence-electron chi connectivity index (χ3n) is 5.73. The van der Waals surface area contributed by atoms with Gasteiger partial charge in [0.15, 0.2) is 0 Å². The first-order chi connectivity index (χ1) is 16.8. The Morgan fingerprint density at radius 3 is 2.46 bits per heavy atom. The van der Waals surface area contributed by atoms with E-state index >= 15 is 0 Å². The molecule has 1 aliphatic carbocycles.